The Morgan fingerprint density at radius 1 is 1.26 bits per heavy atom. The SMILES string of the molecule is Cc1ccc(NC(=O)CCC2CCN(C)CC2)cc1. The van der Waals surface area contributed by atoms with Crippen molar-refractivity contribution < 1.29 is 4.79 Å². The minimum atomic E-state index is 0.141. The highest BCUT2D eigenvalue weighted by atomic mass is 16.1. The van der Waals surface area contributed by atoms with Crippen molar-refractivity contribution in [1.82, 2.24) is 4.90 Å². The fourth-order valence-corrected chi connectivity index (χ4v) is 2.55. The molecule has 0 unspecified atom stereocenters. The van der Waals surface area contributed by atoms with Gasteiger partial charge in [0, 0.05) is 12.1 Å². The number of carbonyl (C=O) groups excluding carboxylic acids is 1. The van der Waals surface area contributed by atoms with Gasteiger partial charge in [0.2, 0.25) is 5.91 Å². The van der Waals surface area contributed by atoms with E-state index >= 15 is 0 Å². The van der Waals surface area contributed by atoms with Crippen LogP contribution in [0.15, 0.2) is 24.3 Å². The molecule has 1 aliphatic heterocycles. The summed E-state index contributed by atoms with van der Waals surface area (Å²) in [7, 11) is 2.17. The third kappa shape index (κ3) is 4.67. The van der Waals surface area contributed by atoms with E-state index in [2.05, 4.69) is 17.3 Å². The van der Waals surface area contributed by atoms with Crippen LogP contribution in [0.4, 0.5) is 5.69 Å². The Bertz CT molecular complexity index is 405. The summed E-state index contributed by atoms with van der Waals surface area (Å²) in [6.07, 6.45) is 4.12. The number of hydrogen-bond acceptors (Lipinski definition) is 2. The second-order valence-corrected chi connectivity index (χ2v) is 5.70. The van der Waals surface area contributed by atoms with Gasteiger partial charge >= 0.3 is 0 Å². The standard InChI is InChI=1S/C16H24N2O/c1-13-3-6-15(7-4-13)17-16(19)8-5-14-9-11-18(2)12-10-14/h3-4,6-7,14H,5,8-12H2,1-2H3,(H,17,19). The van der Waals surface area contributed by atoms with Gasteiger partial charge in [0.1, 0.15) is 0 Å². The molecule has 3 nitrogen and oxygen atoms in total. The minimum absolute atomic E-state index is 0.141. The molecule has 1 aromatic rings. The number of rotatable bonds is 4. The van der Waals surface area contributed by atoms with E-state index in [9.17, 15) is 4.79 Å². The van der Waals surface area contributed by atoms with E-state index in [0.717, 1.165) is 18.0 Å². The van der Waals surface area contributed by atoms with Crippen molar-refractivity contribution in [2.24, 2.45) is 5.92 Å². The van der Waals surface area contributed by atoms with Gasteiger partial charge in [0.05, 0.1) is 0 Å². The van der Waals surface area contributed by atoms with Gasteiger partial charge in [-0.1, -0.05) is 17.7 Å². The second-order valence-electron chi connectivity index (χ2n) is 5.70. The first-order chi connectivity index (χ1) is 9.13. The van der Waals surface area contributed by atoms with Gasteiger partial charge in [-0.05, 0) is 64.4 Å². The van der Waals surface area contributed by atoms with Crippen molar-refractivity contribution in [3.63, 3.8) is 0 Å². The number of amides is 1. The number of likely N-dealkylation sites (tertiary alicyclic amines) is 1. The van der Waals surface area contributed by atoms with Crippen LogP contribution in [0.25, 0.3) is 0 Å². The van der Waals surface area contributed by atoms with E-state index in [1.165, 1.54) is 31.5 Å². The highest BCUT2D eigenvalue weighted by Crippen LogP contribution is 2.21. The highest BCUT2D eigenvalue weighted by Gasteiger charge is 2.17. The van der Waals surface area contributed by atoms with Crippen LogP contribution in [0.1, 0.15) is 31.2 Å². The Morgan fingerprint density at radius 3 is 2.53 bits per heavy atom. The predicted octanol–water partition coefficient (Wildman–Crippen LogP) is 3.06. The molecule has 0 bridgehead atoms. The molecule has 1 heterocycles. The van der Waals surface area contributed by atoms with Crippen molar-refractivity contribution in [1.29, 1.82) is 0 Å². The van der Waals surface area contributed by atoms with E-state index in [0.29, 0.717) is 6.42 Å². The van der Waals surface area contributed by atoms with Gasteiger partial charge in [0.15, 0.2) is 0 Å². The Balaban J connectivity index is 1.71. The molecule has 0 aromatic heterocycles. The van der Waals surface area contributed by atoms with Gasteiger partial charge < -0.3 is 10.2 Å². The fourth-order valence-electron chi connectivity index (χ4n) is 2.55. The summed E-state index contributed by atoms with van der Waals surface area (Å²) in [5, 5.41) is 2.97. The monoisotopic (exact) mass is 260 g/mol. The number of nitrogens with one attached hydrogen (secondary N) is 1. The Labute approximate surface area is 116 Å². The Hall–Kier alpha value is -1.35. The molecule has 0 saturated carbocycles. The molecular formula is C16H24N2O. The minimum Gasteiger partial charge on any atom is -0.326 e. The number of nitrogens with zero attached hydrogens (tertiary/aromatic N) is 1. The van der Waals surface area contributed by atoms with Gasteiger partial charge in [-0.15, -0.1) is 0 Å². The molecule has 19 heavy (non-hydrogen) atoms. The van der Waals surface area contributed by atoms with E-state index in [-0.39, 0.29) is 5.91 Å². The average molecular weight is 260 g/mol. The number of hydrogen-bond donors (Lipinski definition) is 1. The number of aryl methyl sites for hydroxylation is 1. The van der Waals surface area contributed by atoms with Crippen LogP contribution < -0.4 is 5.32 Å². The summed E-state index contributed by atoms with van der Waals surface area (Å²) in [6, 6.07) is 7.96. The van der Waals surface area contributed by atoms with E-state index in [1.807, 2.05) is 31.2 Å². The lowest BCUT2D eigenvalue weighted by atomic mass is 9.92. The molecule has 0 atom stereocenters. The first kappa shape index (κ1) is 14.1. The van der Waals surface area contributed by atoms with Crippen LogP contribution in [0.3, 0.4) is 0 Å². The third-order valence-electron chi connectivity index (χ3n) is 3.95. The molecule has 1 saturated heterocycles. The quantitative estimate of drug-likeness (QED) is 0.902. The van der Waals surface area contributed by atoms with E-state index in [1.54, 1.807) is 0 Å². The first-order valence-electron chi connectivity index (χ1n) is 7.18. The van der Waals surface area contributed by atoms with Crippen molar-refractivity contribution in [3.05, 3.63) is 29.8 Å². The zero-order valence-electron chi connectivity index (χ0n) is 12.0. The van der Waals surface area contributed by atoms with Gasteiger partial charge in [0.25, 0.3) is 0 Å². The van der Waals surface area contributed by atoms with Crippen molar-refractivity contribution in [2.45, 2.75) is 32.6 Å². The molecule has 1 aliphatic rings. The fraction of sp³-hybridized carbons (Fsp3) is 0.562. The van der Waals surface area contributed by atoms with E-state index in [4.69, 9.17) is 0 Å². The zero-order chi connectivity index (χ0) is 13.7. The summed E-state index contributed by atoms with van der Waals surface area (Å²) < 4.78 is 0. The van der Waals surface area contributed by atoms with Crippen molar-refractivity contribution in [2.75, 3.05) is 25.5 Å². The molecule has 1 amide bonds. The molecule has 104 valence electrons. The molecule has 1 N–H and O–H groups in total. The predicted molar refractivity (Wildman–Crippen MR) is 79.3 cm³/mol. The summed E-state index contributed by atoms with van der Waals surface area (Å²) in [4.78, 5) is 14.2. The van der Waals surface area contributed by atoms with Gasteiger partial charge in [-0.25, -0.2) is 0 Å². The lowest BCUT2D eigenvalue weighted by Crippen LogP contribution is -2.30. The zero-order valence-corrected chi connectivity index (χ0v) is 12.0. The van der Waals surface area contributed by atoms with Gasteiger partial charge in [-0.3, -0.25) is 4.79 Å². The lowest BCUT2D eigenvalue weighted by molar-refractivity contribution is -0.116. The summed E-state index contributed by atoms with van der Waals surface area (Å²) in [6.45, 7) is 4.39. The van der Waals surface area contributed by atoms with Crippen LogP contribution >= 0.6 is 0 Å². The summed E-state index contributed by atoms with van der Waals surface area (Å²) in [5.74, 6) is 0.864. The number of benzene rings is 1. The van der Waals surface area contributed by atoms with Crippen LogP contribution in [-0.4, -0.2) is 30.9 Å². The Kier molecular flexibility index (Phi) is 4.97. The number of carbonyl (C=O) groups is 1. The molecule has 0 radical (unpaired) electrons. The molecule has 2 rings (SSSR count). The highest BCUT2D eigenvalue weighted by molar-refractivity contribution is 5.90. The molecular weight excluding hydrogens is 236 g/mol. The van der Waals surface area contributed by atoms with E-state index < -0.39 is 0 Å². The molecule has 3 heteroatoms. The topological polar surface area (TPSA) is 32.3 Å². The maximum Gasteiger partial charge on any atom is 0.224 e. The maximum absolute atomic E-state index is 11.9. The second kappa shape index (κ2) is 6.71. The smallest absolute Gasteiger partial charge is 0.224 e. The molecule has 1 fully saturated rings. The Morgan fingerprint density at radius 2 is 1.89 bits per heavy atom. The van der Waals surface area contributed by atoms with Crippen LogP contribution in [-0.2, 0) is 4.79 Å². The maximum atomic E-state index is 11.9. The third-order valence-corrected chi connectivity index (χ3v) is 3.95. The normalized spacial score (nSPS) is 17.4. The number of anilines is 1. The van der Waals surface area contributed by atoms with Crippen molar-refractivity contribution >= 4 is 11.6 Å². The van der Waals surface area contributed by atoms with Crippen molar-refractivity contribution in [3.8, 4) is 0 Å². The molecule has 0 spiro atoms. The van der Waals surface area contributed by atoms with Crippen LogP contribution in [0, 0.1) is 12.8 Å². The first-order valence-corrected chi connectivity index (χ1v) is 7.18. The molecule has 1 aromatic carbocycles. The van der Waals surface area contributed by atoms with Crippen LogP contribution in [0.2, 0.25) is 0 Å². The average Bonchev–Trinajstić information content (AvgIpc) is 2.41. The number of piperidine rings is 1. The summed E-state index contributed by atoms with van der Waals surface area (Å²) in [5.41, 5.74) is 2.11. The summed E-state index contributed by atoms with van der Waals surface area (Å²) >= 11 is 0. The van der Waals surface area contributed by atoms with Gasteiger partial charge in [-0.2, -0.15) is 0 Å². The van der Waals surface area contributed by atoms with Crippen LogP contribution in [0.5, 0.6) is 0 Å². The largest absolute Gasteiger partial charge is 0.326 e. The lowest BCUT2D eigenvalue weighted by Gasteiger charge is -2.28. The molecule has 0 aliphatic carbocycles.